The van der Waals surface area contributed by atoms with Crippen LogP contribution in [0.3, 0.4) is 0 Å². The predicted octanol–water partition coefficient (Wildman–Crippen LogP) is 5.24. The second kappa shape index (κ2) is 11.0. The summed E-state index contributed by atoms with van der Waals surface area (Å²) in [6, 6.07) is 16.3. The molecule has 0 saturated heterocycles. The highest BCUT2D eigenvalue weighted by molar-refractivity contribution is 7.99. The Morgan fingerprint density at radius 1 is 1.03 bits per heavy atom. The highest BCUT2D eigenvalue weighted by atomic mass is 32.2. The average molecular weight is 481 g/mol. The van der Waals surface area contributed by atoms with E-state index in [0.717, 1.165) is 46.4 Å². The maximum atomic E-state index is 13.2. The maximum absolute atomic E-state index is 13.2. The van der Waals surface area contributed by atoms with Crippen molar-refractivity contribution in [3.63, 3.8) is 0 Å². The van der Waals surface area contributed by atoms with Gasteiger partial charge in [0.1, 0.15) is 0 Å². The second-order valence-electron chi connectivity index (χ2n) is 8.55. The van der Waals surface area contributed by atoms with E-state index in [1.165, 1.54) is 11.8 Å². The van der Waals surface area contributed by atoms with Crippen molar-refractivity contribution in [2.24, 2.45) is 0 Å². The Hall–Kier alpha value is -3.00. The van der Waals surface area contributed by atoms with E-state index in [1.54, 1.807) is 0 Å². The fraction of sp³-hybridized carbons (Fsp3) is 0.423. The summed E-state index contributed by atoms with van der Waals surface area (Å²) in [5.41, 5.74) is 2.03. The Balaban J connectivity index is 1.60. The number of rotatable bonds is 10. The Labute approximate surface area is 205 Å². The minimum Gasteiger partial charge on any atom is -0.454 e. The molecule has 3 aromatic rings. The summed E-state index contributed by atoms with van der Waals surface area (Å²) >= 11 is 1.44. The largest absolute Gasteiger partial charge is 0.454 e. The molecule has 4 rings (SSSR count). The van der Waals surface area contributed by atoms with Crippen LogP contribution in [0.5, 0.6) is 11.5 Å². The van der Waals surface area contributed by atoms with E-state index in [-0.39, 0.29) is 24.8 Å². The lowest BCUT2D eigenvalue weighted by Crippen LogP contribution is -2.45. The molecule has 0 fully saturated rings. The number of thioether (sulfide) groups is 1. The topological polar surface area (TPSA) is 69.5 Å². The van der Waals surface area contributed by atoms with Gasteiger partial charge in [-0.1, -0.05) is 62.0 Å². The van der Waals surface area contributed by atoms with Crippen LogP contribution in [0.1, 0.15) is 46.1 Å². The van der Waals surface area contributed by atoms with Gasteiger partial charge in [0, 0.05) is 17.6 Å². The molecule has 180 valence electrons. The minimum atomic E-state index is 0.132. The Bertz CT molecular complexity index is 1110. The number of amides is 1. The van der Waals surface area contributed by atoms with Crippen LogP contribution >= 0.6 is 11.8 Å². The van der Waals surface area contributed by atoms with Crippen LogP contribution in [0.4, 0.5) is 0 Å². The summed E-state index contributed by atoms with van der Waals surface area (Å²) in [5.74, 6) is 2.73. The first-order chi connectivity index (χ1) is 16.5. The lowest BCUT2D eigenvalue weighted by molar-refractivity contribution is -0.132. The molecule has 2 atom stereocenters. The zero-order valence-corrected chi connectivity index (χ0v) is 21.0. The maximum Gasteiger partial charge on any atom is 0.233 e. The number of ether oxygens (including phenoxy) is 2. The number of carbonyl (C=O) groups excluding carboxylic acids is 1. The van der Waals surface area contributed by atoms with Crippen LogP contribution in [0, 0.1) is 0 Å². The highest BCUT2D eigenvalue weighted by Crippen LogP contribution is 2.34. The first-order valence-corrected chi connectivity index (χ1v) is 12.8. The van der Waals surface area contributed by atoms with Gasteiger partial charge in [-0.25, -0.2) is 0 Å². The van der Waals surface area contributed by atoms with E-state index in [4.69, 9.17) is 9.47 Å². The Kier molecular flexibility index (Phi) is 7.77. The molecule has 2 aromatic carbocycles. The molecule has 0 radical (unpaired) electrons. The van der Waals surface area contributed by atoms with Gasteiger partial charge in [-0.2, -0.15) is 0 Å². The number of nitrogens with zero attached hydrogens (tertiary/aromatic N) is 4. The van der Waals surface area contributed by atoms with Crippen LogP contribution < -0.4 is 9.47 Å². The van der Waals surface area contributed by atoms with Gasteiger partial charge in [-0.15, -0.1) is 10.2 Å². The average Bonchev–Trinajstić information content (AvgIpc) is 3.49. The van der Waals surface area contributed by atoms with Crippen LogP contribution in [-0.4, -0.2) is 50.2 Å². The third kappa shape index (κ3) is 5.22. The van der Waals surface area contributed by atoms with Gasteiger partial charge in [0.25, 0.3) is 0 Å². The van der Waals surface area contributed by atoms with Gasteiger partial charge >= 0.3 is 0 Å². The van der Waals surface area contributed by atoms with Crippen molar-refractivity contribution < 1.29 is 14.3 Å². The summed E-state index contributed by atoms with van der Waals surface area (Å²) < 4.78 is 13.1. The quantitative estimate of drug-likeness (QED) is 0.370. The van der Waals surface area contributed by atoms with E-state index in [0.29, 0.717) is 12.3 Å². The van der Waals surface area contributed by atoms with Crippen molar-refractivity contribution in [2.45, 2.75) is 64.3 Å². The SMILES string of the molecule is CC[C@@H](C)N(C(=O)CSc1nnc(-c2ccccc2)n1Cc1ccc2c(c1)OCO2)[C@@H](C)CC. The first-order valence-electron chi connectivity index (χ1n) is 11.8. The molecule has 1 aliphatic heterocycles. The number of hydrogen-bond acceptors (Lipinski definition) is 6. The molecule has 0 bridgehead atoms. The fourth-order valence-electron chi connectivity index (χ4n) is 4.08. The monoisotopic (exact) mass is 480 g/mol. The van der Waals surface area contributed by atoms with Crippen LogP contribution in [0.15, 0.2) is 53.7 Å². The van der Waals surface area contributed by atoms with Crippen LogP contribution in [-0.2, 0) is 11.3 Å². The third-order valence-electron chi connectivity index (χ3n) is 6.27. The van der Waals surface area contributed by atoms with E-state index in [9.17, 15) is 4.79 Å². The minimum absolute atomic E-state index is 0.132. The molecule has 0 saturated carbocycles. The Morgan fingerprint density at radius 3 is 2.44 bits per heavy atom. The zero-order valence-electron chi connectivity index (χ0n) is 20.2. The van der Waals surface area contributed by atoms with E-state index >= 15 is 0 Å². The smallest absolute Gasteiger partial charge is 0.233 e. The first kappa shape index (κ1) is 24.1. The van der Waals surface area contributed by atoms with Gasteiger partial charge in [0.05, 0.1) is 12.3 Å². The number of benzene rings is 2. The van der Waals surface area contributed by atoms with Crippen molar-refractivity contribution in [1.82, 2.24) is 19.7 Å². The molecule has 8 heteroatoms. The molecular formula is C26H32N4O3S. The number of carbonyl (C=O) groups is 1. The normalized spacial score (nSPS) is 14.1. The second-order valence-corrected chi connectivity index (χ2v) is 9.49. The van der Waals surface area contributed by atoms with Gasteiger partial charge in [0.15, 0.2) is 22.5 Å². The molecule has 34 heavy (non-hydrogen) atoms. The van der Waals surface area contributed by atoms with Crippen molar-refractivity contribution in [3.8, 4) is 22.9 Å². The molecule has 1 aliphatic rings. The summed E-state index contributed by atoms with van der Waals surface area (Å²) in [4.78, 5) is 15.2. The van der Waals surface area contributed by atoms with Crippen LogP contribution in [0.2, 0.25) is 0 Å². The third-order valence-corrected chi connectivity index (χ3v) is 7.22. The van der Waals surface area contributed by atoms with E-state index in [2.05, 4.69) is 42.5 Å². The summed E-state index contributed by atoms with van der Waals surface area (Å²) in [6.45, 7) is 9.27. The van der Waals surface area contributed by atoms with Crippen molar-refractivity contribution >= 4 is 17.7 Å². The van der Waals surface area contributed by atoms with Crippen molar-refractivity contribution in [3.05, 3.63) is 54.1 Å². The van der Waals surface area contributed by atoms with Gasteiger partial charge in [0.2, 0.25) is 12.7 Å². The molecule has 2 heterocycles. The van der Waals surface area contributed by atoms with Crippen LogP contribution in [0.25, 0.3) is 11.4 Å². The summed E-state index contributed by atoms with van der Waals surface area (Å²) in [6.07, 6.45) is 1.86. The number of hydrogen-bond donors (Lipinski definition) is 0. The fourth-order valence-corrected chi connectivity index (χ4v) is 4.89. The van der Waals surface area contributed by atoms with Crippen molar-refractivity contribution in [2.75, 3.05) is 12.5 Å². The molecule has 0 spiro atoms. The van der Waals surface area contributed by atoms with E-state index in [1.807, 2.05) is 53.4 Å². The van der Waals surface area contributed by atoms with Crippen molar-refractivity contribution in [1.29, 1.82) is 0 Å². The molecule has 1 aromatic heterocycles. The number of aromatic nitrogens is 3. The molecule has 1 amide bonds. The van der Waals surface area contributed by atoms with E-state index < -0.39 is 0 Å². The number of fused-ring (bicyclic) bond motifs is 1. The highest BCUT2D eigenvalue weighted by Gasteiger charge is 2.25. The molecule has 0 aliphatic carbocycles. The Morgan fingerprint density at radius 2 is 1.74 bits per heavy atom. The summed E-state index contributed by atoms with van der Waals surface area (Å²) in [7, 11) is 0. The molecule has 0 N–H and O–H groups in total. The molecule has 7 nitrogen and oxygen atoms in total. The van der Waals surface area contributed by atoms with Gasteiger partial charge < -0.3 is 14.4 Å². The lowest BCUT2D eigenvalue weighted by Gasteiger charge is -2.34. The van der Waals surface area contributed by atoms with Gasteiger partial charge in [-0.05, 0) is 44.4 Å². The van der Waals surface area contributed by atoms with Gasteiger partial charge in [-0.3, -0.25) is 9.36 Å². The predicted molar refractivity (Wildman–Crippen MR) is 134 cm³/mol. The molecular weight excluding hydrogens is 448 g/mol. The molecule has 0 unspecified atom stereocenters. The lowest BCUT2D eigenvalue weighted by atomic mass is 10.1. The summed E-state index contributed by atoms with van der Waals surface area (Å²) in [5, 5.41) is 9.68. The zero-order chi connectivity index (χ0) is 24.1. The standard InChI is InChI=1S/C26H32N4O3S/c1-5-18(3)30(19(4)6-2)24(31)16-34-26-28-27-25(21-10-8-7-9-11-21)29(26)15-20-12-13-22-23(14-20)33-17-32-22/h7-14,18-19H,5-6,15-17H2,1-4H3/t18-,19+.